The number of likely N-dealkylation sites (tertiary alicyclic amines) is 1. The molecule has 1 aliphatic heterocycles. The molecule has 5 heteroatoms. The van der Waals surface area contributed by atoms with E-state index in [2.05, 4.69) is 28.2 Å². The number of amides is 1. The van der Waals surface area contributed by atoms with E-state index in [-0.39, 0.29) is 11.8 Å². The lowest BCUT2D eigenvalue weighted by Crippen LogP contribution is -2.39. The van der Waals surface area contributed by atoms with Crippen molar-refractivity contribution in [3.8, 4) is 11.1 Å². The van der Waals surface area contributed by atoms with Crippen LogP contribution in [0.5, 0.6) is 0 Å². The Balaban J connectivity index is 1.55. The van der Waals surface area contributed by atoms with Crippen LogP contribution in [-0.4, -0.2) is 33.9 Å². The molecule has 1 fully saturated rings. The molecule has 5 rings (SSSR count). The zero-order valence-electron chi connectivity index (χ0n) is 15.5. The van der Waals surface area contributed by atoms with Crippen molar-refractivity contribution < 1.29 is 9.21 Å². The normalized spacial score (nSPS) is 17.1. The van der Waals surface area contributed by atoms with Gasteiger partial charge < -0.3 is 14.3 Å². The molecule has 4 aromatic rings. The van der Waals surface area contributed by atoms with Gasteiger partial charge in [-0.05, 0) is 48.7 Å². The minimum absolute atomic E-state index is 0.0312. The van der Waals surface area contributed by atoms with Gasteiger partial charge in [-0.2, -0.15) is 0 Å². The van der Waals surface area contributed by atoms with Crippen molar-refractivity contribution in [3.63, 3.8) is 0 Å². The summed E-state index contributed by atoms with van der Waals surface area (Å²) in [5.74, 6) is 0.631. The van der Waals surface area contributed by atoms with Crippen molar-refractivity contribution >= 4 is 16.8 Å². The van der Waals surface area contributed by atoms with E-state index >= 15 is 0 Å². The number of carbonyl (C=O) groups is 1. The highest BCUT2D eigenvalue weighted by Crippen LogP contribution is 2.39. The molecule has 0 radical (unpaired) electrons. The first-order valence-corrected chi connectivity index (χ1v) is 9.65. The Morgan fingerprint density at radius 3 is 2.79 bits per heavy atom. The topological polar surface area (TPSA) is 62.1 Å². The van der Waals surface area contributed by atoms with E-state index in [4.69, 9.17) is 4.42 Å². The number of piperidine rings is 1. The number of rotatable bonds is 3. The van der Waals surface area contributed by atoms with Gasteiger partial charge in [0.25, 0.3) is 5.91 Å². The fourth-order valence-electron chi connectivity index (χ4n) is 4.25. The van der Waals surface area contributed by atoms with Crippen molar-refractivity contribution in [1.82, 2.24) is 14.9 Å². The summed E-state index contributed by atoms with van der Waals surface area (Å²) < 4.78 is 5.32. The Morgan fingerprint density at radius 2 is 1.96 bits per heavy atom. The highest BCUT2D eigenvalue weighted by atomic mass is 16.3. The summed E-state index contributed by atoms with van der Waals surface area (Å²) in [6, 6.07) is 16.0. The zero-order chi connectivity index (χ0) is 18.9. The highest BCUT2D eigenvalue weighted by molar-refractivity contribution is 5.98. The summed E-state index contributed by atoms with van der Waals surface area (Å²) in [5.41, 5.74) is 4.69. The third-order valence-corrected chi connectivity index (χ3v) is 5.55. The molecular weight excluding hydrogens is 350 g/mol. The van der Waals surface area contributed by atoms with E-state index in [1.807, 2.05) is 35.5 Å². The Morgan fingerprint density at radius 1 is 1.11 bits per heavy atom. The molecule has 4 heterocycles. The summed E-state index contributed by atoms with van der Waals surface area (Å²) in [6.45, 7) is 1.45. The second-order valence-electron chi connectivity index (χ2n) is 7.26. The molecule has 1 N–H and O–H groups in total. The van der Waals surface area contributed by atoms with Crippen molar-refractivity contribution in [2.45, 2.75) is 18.8 Å². The van der Waals surface area contributed by atoms with E-state index in [1.54, 1.807) is 18.4 Å². The number of pyridine rings is 1. The number of hydrogen-bond donors (Lipinski definition) is 1. The van der Waals surface area contributed by atoms with Gasteiger partial charge in [-0.3, -0.25) is 9.78 Å². The average molecular weight is 371 g/mol. The molecule has 0 unspecified atom stereocenters. The number of carbonyl (C=O) groups excluding carboxylic acids is 1. The summed E-state index contributed by atoms with van der Waals surface area (Å²) in [4.78, 5) is 22.5. The molecule has 0 saturated carbocycles. The Labute approximate surface area is 163 Å². The Bertz CT molecular complexity index is 1100. The minimum Gasteiger partial charge on any atom is -0.459 e. The van der Waals surface area contributed by atoms with Gasteiger partial charge in [0.2, 0.25) is 0 Å². The number of para-hydroxylation sites is 1. The van der Waals surface area contributed by atoms with Gasteiger partial charge in [0.15, 0.2) is 5.76 Å². The number of hydrogen-bond acceptors (Lipinski definition) is 3. The SMILES string of the molecule is O=C(c1ccco1)N1CCC[C@H](c2[nH]c3ccccc3c2-c2ccncc2)C1. The van der Waals surface area contributed by atoms with Gasteiger partial charge in [0.05, 0.1) is 6.26 Å². The second-order valence-corrected chi connectivity index (χ2v) is 7.26. The largest absolute Gasteiger partial charge is 0.459 e. The van der Waals surface area contributed by atoms with Crippen LogP contribution < -0.4 is 0 Å². The van der Waals surface area contributed by atoms with Crippen molar-refractivity contribution in [3.05, 3.63) is 78.6 Å². The van der Waals surface area contributed by atoms with Crippen LogP contribution in [0.4, 0.5) is 0 Å². The van der Waals surface area contributed by atoms with Crippen molar-refractivity contribution in [2.75, 3.05) is 13.1 Å². The predicted molar refractivity (Wildman–Crippen MR) is 108 cm³/mol. The maximum absolute atomic E-state index is 12.8. The molecule has 28 heavy (non-hydrogen) atoms. The molecule has 1 aliphatic rings. The lowest BCUT2D eigenvalue weighted by molar-refractivity contribution is 0.0674. The van der Waals surface area contributed by atoms with E-state index in [9.17, 15) is 4.79 Å². The molecule has 3 aromatic heterocycles. The second kappa shape index (κ2) is 7.00. The number of aromatic nitrogens is 2. The number of benzene rings is 1. The fourth-order valence-corrected chi connectivity index (χ4v) is 4.25. The van der Waals surface area contributed by atoms with Crippen LogP contribution >= 0.6 is 0 Å². The summed E-state index contributed by atoms with van der Waals surface area (Å²) in [7, 11) is 0. The van der Waals surface area contributed by atoms with E-state index in [0.717, 1.165) is 30.5 Å². The molecule has 0 spiro atoms. The van der Waals surface area contributed by atoms with Gasteiger partial charge in [-0.15, -0.1) is 0 Å². The molecule has 1 aromatic carbocycles. The van der Waals surface area contributed by atoms with Gasteiger partial charge >= 0.3 is 0 Å². The van der Waals surface area contributed by atoms with E-state index in [0.29, 0.717) is 12.3 Å². The number of furan rings is 1. The summed E-state index contributed by atoms with van der Waals surface area (Å²) >= 11 is 0. The first kappa shape index (κ1) is 16.8. The molecule has 1 amide bonds. The van der Waals surface area contributed by atoms with Crippen LogP contribution in [0.25, 0.3) is 22.0 Å². The van der Waals surface area contributed by atoms with Crippen LogP contribution in [0.15, 0.2) is 71.6 Å². The molecule has 0 aliphatic carbocycles. The molecule has 140 valence electrons. The summed E-state index contributed by atoms with van der Waals surface area (Å²) in [6.07, 6.45) is 7.23. The van der Waals surface area contributed by atoms with Gasteiger partial charge in [-0.25, -0.2) is 0 Å². The van der Waals surface area contributed by atoms with E-state index < -0.39 is 0 Å². The molecule has 1 saturated heterocycles. The third kappa shape index (κ3) is 2.89. The number of nitrogens with one attached hydrogen (secondary N) is 1. The van der Waals surface area contributed by atoms with Crippen LogP contribution in [0, 0.1) is 0 Å². The first-order chi connectivity index (χ1) is 13.8. The molecule has 0 bridgehead atoms. The molecule has 5 nitrogen and oxygen atoms in total. The van der Waals surface area contributed by atoms with E-state index in [1.165, 1.54) is 16.6 Å². The number of aromatic amines is 1. The van der Waals surface area contributed by atoms with Gasteiger partial charge in [0.1, 0.15) is 0 Å². The maximum Gasteiger partial charge on any atom is 0.289 e. The zero-order valence-corrected chi connectivity index (χ0v) is 15.5. The predicted octanol–water partition coefficient (Wildman–Crippen LogP) is 4.84. The monoisotopic (exact) mass is 371 g/mol. The summed E-state index contributed by atoms with van der Waals surface area (Å²) in [5, 5.41) is 1.21. The number of fused-ring (bicyclic) bond motifs is 1. The van der Waals surface area contributed by atoms with Gasteiger partial charge in [-0.1, -0.05) is 18.2 Å². The highest BCUT2D eigenvalue weighted by Gasteiger charge is 2.29. The average Bonchev–Trinajstić information content (AvgIpc) is 3.42. The Kier molecular flexibility index (Phi) is 4.20. The maximum atomic E-state index is 12.8. The number of H-pyrrole nitrogens is 1. The van der Waals surface area contributed by atoms with Crippen molar-refractivity contribution in [2.24, 2.45) is 0 Å². The van der Waals surface area contributed by atoms with Crippen LogP contribution in [0.3, 0.4) is 0 Å². The number of nitrogens with zero attached hydrogens (tertiary/aromatic N) is 2. The molecule has 1 atom stereocenters. The minimum atomic E-state index is -0.0312. The smallest absolute Gasteiger partial charge is 0.289 e. The first-order valence-electron chi connectivity index (χ1n) is 9.65. The van der Waals surface area contributed by atoms with Crippen LogP contribution in [-0.2, 0) is 0 Å². The Hall–Kier alpha value is -3.34. The quantitative estimate of drug-likeness (QED) is 0.560. The lowest BCUT2D eigenvalue weighted by Gasteiger charge is -2.32. The lowest BCUT2D eigenvalue weighted by atomic mass is 9.89. The van der Waals surface area contributed by atoms with Crippen LogP contribution in [0.2, 0.25) is 0 Å². The van der Waals surface area contributed by atoms with Crippen molar-refractivity contribution in [1.29, 1.82) is 0 Å². The standard InChI is InChI=1S/C23H21N3O2/c27-23(20-8-4-14-28-20)26-13-3-5-17(15-26)22-21(16-9-11-24-12-10-16)18-6-1-2-7-19(18)25-22/h1-2,4,6-12,14,17,25H,3,5,13,15H2/t17-/m0/s1. The third-order valence-electron chi connectivity index (χ3n) is 5.55. The van der Waals surface area contributed by atoms with Gasteiger partial charge in [0, 0.05) is 53.6 Å². The molecular formula is C23H21N3O2. The fraction of sp³-hybridized carbons (Fsp3) is 0.217. The van der Waals surface area contributed by atoms with Crippen LogP contribution in [0.1, 0.15) is 35.0 Å².